The van der Waals surface area contributed by atoms with Crippen LogP contribution in [0.3, 0.4) is 0 Å². The lowest BCUT2D eigenvalue weighted by molar-refractivity contribution is -0.135. The first-order chi connectivity index (χ1) is 9.49. The predicted octanol–water partition coefficient (Wildman–Crippen LogP) is 2.53. The number of benzene rings is 1. The van der Waals surface area contributed by atoms with Crippen LogP contribution in [0.5, 0.6) is 0 Å². The number of carbonyl (C=O) groups is 1. The van der Waals surface area contributed by atoms with E-state index >= 15 is 0 Å². The maximum Gasteiger partial charge on any atom is 0.223 e. The Balaban J connectivity index is 2.00. The van der Waals surface area contributed by atoms with Crippen molar-refractivity contribution in [1.29, 1.82) is 0 Å². The number of nitrogens with zero attached hydrogens (tertiary/aromatic N) is 1. The van der Waals surface area contributed by atoms with Gasteiger partial charge in [0.25, 0.3) is 0 Å². The summed E-state index contributed by atoms with van der Waals surface area (Å²) in [5.74, 6) is -0.0517. The Morgan fingerprint density at radius 2 is 2.25 bits per heavy atom. The zero-order chi connectivity index (χ0) is 14.7. The van der Waals surface area contributed by atoms with Crippen molar-refractivity contribution in [2.24, 2.45) is 0 Å². The average molecular weight is 278 g/mol. The minimum absolute atomic E-state index is 0.0376. The van der Waals surface area contributed by atoms with Crippen molar-refractivity contribution in [3.05, 3.63) is 35.6 Å². The van der Waals surface area contributed by atoms with Crippen LogP contribution in [0.15, 0.2) is 24.3 Å². The number of hydrogen-bond acceptors (Lipinski definition) is 2. The molecule has 1 fully saturated rings. The smallest absolute Gasteiger partial charge is 0.223 e. The van der Waals surface area contributed by atoms with Gasteiger partial charge in [0.15, 0.2) is 0 Å². The molecule has 1 heterocycles. The van der Waals surface area contributed by atoms with E-state index in [1.165, 1.54) is 12.1 Å². The third-order valence-corrected chi connectivity index (χ3v) is 4.25. The minimum Gasteiger partial charge on any atom is -0.337 e. The lowest BCUT2D eigenvalue weighted by atomic mass is 9.96. The van der Waals surface area contributed by atoms with Gasteiger partial charge in [0.1, 0.15) is 5.82 Å². The summed E-state index contributed by atoms with van der Waals surface area (Å²) in [6, 6.07) is 7.04. The minimum atomic E-state index is -0.244. The maximum absolute atomic E-state index is 13.2. The summed E-state index contributed by atoms with van der Waals surface area (Å²) in [5, 5.41) is 3.37. The molecule has 110 valence electrons. The van der Waals surface area contributed by atoms with E-state index in [0.29, 0.717) is 12.5 Å². The lowest BCUT2D eigenvalue weighted by Crippen LogP contribution is -2.57. The highest BCUT2D eigenvalue weighted by Crippen LogP contribution is 2.22. The van der Waals surface area contributed by atoms with Gasteiger partial charge in [-0.3, -0.25) is 4.79 Å². The van der Waals surface area contributed by atoms with E-state index in [1.54, 1.807) is 6.07 Å². The largest absolute Gasteiger partial charge is 0.337 e. The van der Waals surface area contributed by atoms with Crippen molar-refractivity contribution in [1.82, 2.24) is 10.2 Å². The molecule has 1 aliphatic heterocycles. The Labute approximate surface area is 120 Å². The van der Waals surface area contributed by atoms with Crippen molar-refractivity contribution < 1.29 is 9.18 Å². The molecule has 1 amide bonds. The first kappa shape index (κ1) is 15.0. The molecule has 4 heteroatoms. The van der Waals surface area contributed by atoms with E-state index < -0.39 is 0 Å². The average Bonchev–Trinajstić information content (AvgIpc) is 2.41. The summed E-state index contributed by atoms with van der Waals surface area (Å²) >= 11 is 0. The zero-order valence-corrected chi connectivity index (χ0v) is 12.4. The fraction of sp³-hybridized carbons (Fsp3) is 0.562. The highest BCUT2D eigenvalue weighted by molar-refractivity contribution is 5.77. The van der Waals surface area contributed by atoms with Gasteiger partial charge in [-0.1, -0.05) is 19.1 Å². The van der Waals surface area contributed by atoms with E-state index in [9.17, 15) is 9.18 Å². The maximum atomic E-state index is 13.2. The second-order valence-electron chi connectivity index (χ2n) is 5.73. The van der Waals surface area contributed by atoms with E-state index in [4.69, 9.17) is 0 Å². The van der Waals surface area contributed by atoms with Crippen molar-refractivity contribution >= 4 is 5.91 Å². The fourth-order valence-electron chi connectivity index (χ4n) is 2.72. The monoisotopic (exact) mass is 278 g/mol. The van der Waals surface area contributed by atoms with Gasteiger partial charge in [-0.15, -0.1) is 0 Å². The molecule has 1 aliphatic rings. The molecule has 3 nitrogen and oxygen atoms in total. The topological polar surface area (TPSA) is 32.3 Å². The van der Waals surface area contributed by atoms with Crippen LogP contribution in [-0.2, 0) is 4.79 Å². The highest BCUT2D eigenvalue weighted by atomic mass is 19.1. The van der Waals surface area contributed by atoms with Crippen LogP contribution in [0.25, 0.3) is 0 Å². The molecular weight excluding hydrogens is 255 g/mol. The molecule has 0 spiro atoms. The number of halogens is 1. The molecule has 0 aromatic heterocycles. The van der Waals surface area contributed by atoms with E-state index in [2.05, 4.69) is 19.2 Å². The fourth-order valence-corrected chi connectivity index (χ4v) is 2.72. The van der Waals surface area contributed by atoms with Crippen molar-refractivity contribution in [3.63, 3.8) is 0 Å². The Bertz CT molecular complexity index is 477. The molecular formula is C16H23FN2O. The molecule has 0 radical (unpaired) electrons. The van der Waals surface area contributed by atoms with Gasteiger partial charge >= 0.3 is 0 Å². The highest BCUT2D eigenvalue weighted by Gasteiger charge is 2.28. The third kappa shape index (κ3) is 3.37. The number of hydrogen-bond donors (Lipinski definition) is 1. The number of rotatable bonds is 3. The molecule has 3 unspecified atom stereocenters. The van der Waals surface area contributed by atoms with Gasteiger partial charge in [-0.2, -0.15) is 0 Å². The van der Waals surface area contributed by atoms with Gasteiger partial charge in [-0.25, -0.2) is 4.39 Å². The number of carbonyl (C=O) groups excluding carboxylic acids is 1. The normalized spacial score (nSPS) is 24.5. The van der Waals surface area contributed by atoms with Gasteiger partial charge in [-0.05, 0) is 37.5 Å². The van der Waals surface area contributed by atoms with Crippen LogP contribution in [0.1, 0.15) is 38.7 Å². The third-order valence-electron chi connectivity index (χ3n) is 4.25. The zero-order valence-electron chi connectivity index (χ0n) is 12.4. The van der Waals surface area contributed by atoms with E-state index in [0.717, 1.165) is 18.7 Å². The Morgan fingerprint density at radius 1 is 1.50 bits per heavy atom. The lowest BCUT2D eigenvalue weighted by Gasteiger charge is -2.39. The summed E-state index contributed by atoms with van der Waals surface area (Å²) in [6.07, 6.45) is 0.431. The summed E-state index contributed by atoms with van der Waals surface area (Å²) in [7, 11) is 0. The van der Waals surface area contributed by atoms with Crippen LogP contribution >= 0.6 is 0 Å². The molecule has 1 aromatic rings. The van der Waals surface area contributed by atoms with Crippen molar-refractivity contribution in [3.8, 4) is 0 Å². The standard InChI is InChI=1S/C16H23FN2O/c1-11(14-5-4-6-15(17)10-14)9-16(20)19-8-7-18-12(2)13(19)3/h4-6,10-13,18H,7-9H2,1-3H3. The van der Waals surface area contributed by atoms with Crippen LogP contribution in [-0.4, -0.2) is 36.0 Å². The molecule has 3 atom stereocenters. The van der Waals surface area contributed by atoms with Crippen LogP contribution in [0.4, 0.5) is 4.39 Å². The van der Waals surface area contributed by atoms with Gasteiger partial charge in [0.05, 0.1) is 0 Å². The predicted molar refractivity (Wildman–Crippen MR) is 78.1 cm³/mol. The molecule has 1 aromatic carbocycles. The second kappa shape index (κ2) is 6.35. The van der Waals surface area contributed by atoms with Crippen molar-refractivity contribution in [2.75, 3.05) is 13.1 Å². The molecule has 0 saturated carbocycles. The van der Waals surface area contributed by atoms with E-state index in [-0.39, 0.29) is 23.7 Å². The van der Waals surface area contributed by atoms with Crippen LogP contribution < -0.4 is 5.32 Å². The second-order valence-corrected chi connectivity index (χ2v) is 5.73. The van der Waals surface area contributed by atoms with Gasteiger partial charge < -0.3 is 10.2 Å². The molecule has 0 aliphatic carbocycles. The SMILES string of the molecule is CC(CC(=O)N1CCNC(C)C1C)c1cccc(F)c1. The Kier molecular flexibility index (Phi) is 4.76. The number of piperazine rings is 1. The Hall–Kier alpha value is -1.42. The Morgan fingerprint density at radius 3 is 2.95 bits per heavy atom. The van der Waals surface area contributed by atoms with E-state index in [1.807, 2.05) is 17.9 Å². The van der Waals surface area contributed by atoms with Gasteiger partial charge in [0.2, 0.25) is 5.91 Å². The summed E-state index contributed by atoms with van der Waals surface area (Å²) in [6.45, 7) is 7.73. The number of amides is 1. The van der Waals surface area contributed by atoms with Crippen LogP contribution in [0.2, 0.25) is 0 Å². The van der Waals surface area contributed by atoms with Crippen molar-refractivity contribution in [2.45, 2.75) is 45.2 Å². The quantitative estimate of drug-likeness (QED) is 0.921. The van der Waals surface area contributed by atoms with Gasteiger partial charge in [0, 0.05) is 31.6 Å². The summed E-state index contributed by atoms with van der Waals surface area (Å²) < 4.78 is 13.2. The molecule has 0 bridgehead atoms. The summed E-state index contributed by atoms with van der Waals surface area (Å²) in [4.78, 5) is 14.4. The molecule has 1 N–H and O–H groups in total. The summed E-state index contributed by atoms with van der Waals surface area (Å²) in [5.41, 5.74) is 0.884. The molecule has 20 heavy (non-hydrogen) atoms. The van der Waals surface area contributed by atoms with Crippen LogP contribution in [0, 0.1) is 5.82 Å². The molecule has 1 saturated heterocycles. The number of nitrogens with one attached hydrogen (secondary N) is 1. The molecule has 2 rings (SSSR count). The first-order valence-corrected chi connectivity index (χ1v) is 7.27. The first-order valence-electron chi connectivity index (χ1n) is 7.27.